The number of hydrogen-bond acceptors (Lipinski definition) is 4. The topological polar surface area (TPSA) is 52.1 Å². The molecule has 33 heavy (non-hydrogen) atoms. The van der Waals surface area contributed by atoms with Crippen LogP contribution in [0.2, 0.25) is 0 Å². The third-order valence-electron chi connectivity index (χ3n) is 5.62. The molecule has 6 rings (SSSR count). The minimum atomic E-state index is 0.636. The first kappa shape index (κ1) is 19.3. The fraction of sp³-hybridized carbons (Fsp3) is 0.0345. The highest BCUT2D eigenvalue weighted by molar-refractivity contribution is 5.78. The van der Waals surface area contributed by atoms with Gasteiger partial charge in [-0.05, 0) is 72.1 Å². The van der Waals surface area contributed by atoms with Crippen molar-refractivity contribution in [1.82, 2.24) is 9.97 Å². The van der Waals surface area contributed by atoms with Crippen LogP contribution >= 0.6 is 0 Å². The molecule has 4 heteroatoms. The Kier molecular flexibility index (Phi) is 4.62. The molecule has 158 valence electrons. The number of benzene rings is 4. The van der Waals surface area contributed by atoms with Gasteiger partial charge in [0.15, 0.2) is 11.2 Å². The van der Waals surface area contributed by atoms with Crippen molar-refractivity contribution in [3.8, 4) is 22.9 Å². The Balaban J connectivity index is 1.19. The lowest BCUT2D eigenvalue weighted by Crippen LogP contribution is -1.79. The molecule has 6 aromatic rings. The molecule has 0 spiro atoms. The summed E-state index contributed by atoms with van der Waals surface area (Å²) < 4.78 is 11.8. The van der Waals surface area contributed by atoms with E-state index in [1.807, 2.05) is 66.7 Å². The van der Waals surface area contributed by atoms with Gasteiger partial charge in [0.2, 0.25) is 11.8 Å². The van der Waals surface area contributed by atoms with E-state index in [-0.39, 0.29) is 0 Å². The summed E-state index contributed by atoms with van der Waals surface area (Å²) >= 11 is 0. The molecule has 0 saturated heterocycles. The monoisotopic (exact) mass is 428 g/mol. The van der Waals surface area contributed by atoms with Crippen LogP contribution < -0.4 is 0 Å². The number of rotatable bonds is 4. The quantitative estimate of drug-likeness (QED) is 0.269. The number of hydrogen-bond donors (Lipinski definition) is 0. The molecular weight excluding hydrogens is 408 g/mol. The maximum absolute atomic E-state index is 5.90. The Morgan fingerprint density at radius 1 is 0.576 bits per heavy atom. The third kappa shape index (κ3) is 3.83. The number of para-hydroxylation sites is 2. The maximum atomic E-state index is 5.90. The summed E-state index contributed by atoms with van der Waals surface area (Å²) in [5.74, 6) is 1.28. The Morgan fingerprint density at radius 3 is 1.73 bits per heavy atom. The average Bonchev–Trinajstić information content (AvgIpc) is 3.47. The van der Waals surface area contributed by atoms with Crippen molar-refractivity contribution in [2.24, 2.45) is 0 Å². The molecule has 0 atom stereocenters. The summed E-state index contributed by atoms with van der Waals surface area (Å²) in [6.45, 7) is 2.05. The first-order chi connectivity index (χ1) is 16.2. The highest BCUT2D eigenvalue weighted by Crippen LogP contribution is 2.26. The maximum Gasteiger partial charge on any atom is 0.227 e. The lowest BCUT2D eigenvalue weighted by molar-refractivity contribution is 0.619. The van der Waals surface area contributed by atoms with Gasteiger partial charge >= 0.3 is 0 Å². The van der Waals surface area contributed by atoms with Crippen LogP contribution in [0.25, 0.3) is 57.3 Å². The second-order valence-electron chi connectivity index (χ2n) is 8.05. The largest absolute Gasteiger partial charge is 0.436 e. The van der Waals surface area contributed by atoms with Gasteiger partial charge in [-0.1, -0.05) is 54.6 Å². The zero-order chi connectivity index (χ0) is 22.2. The molecule has 0 aliphatic rings. The molecule has 0 amide bonds. The molecule has 0 aliphatic heterocycles. The van der Waals surface area contributed by atoms with Crippen molar-refractivity contribution in [1.29, 1.82) is 0 Å². The minimum absolute atomic E-state index is 0.636. The van der Waals surface area contributed by atoms with Crippen molar-refractivity contribution in [3.63, 3.8) is 0 Å². The summed E-state index contributed by atoms with van der Waals surface area (Å²) in [7, 11) is 0. The van der Waals surface area contributed by atoms with Crippen LogP contribution in [-0.2, 0) is 0 Å². The van der Waals surface area contributed by atoms with Crippen molar-refractivity contribution < 1.29 is 8.83 Å². The highest BCUT2D eigenvalue weighted by Gasteiger charge is 2.09. The standard InChI is InChI=1S/C29H20N2O2/c1-19-6-17-27-25(18-19)31-29(33-27)23-15-11-21(12-16-23)8-7-20-9-13-22(14-10-20)28-30-24-4-2-3-5-26(24)32-28/h2-18H,1H3. The Bertz CT molecular complexity index is 1570. The highest BCUT2D eigenvalue weighted by atomic mass is 16.4. The zero-order valence-electron chi connectivity index (χ0n) is 18.0. The van der Waals surface area contributed by atoms with Crippen LogP contribution in [0.1, 0.15) is 16.7 Å². The Labute approximate surface area is 190 Å². The van der Waals surface area contributed by atoms with Crippen LogP contribution in [-0.4, -0.2) is 9.97 Å². The van der Waals surface area contributed by atoms with E-state index >= 15 is 0 Å². The van der Waals surface area contributed by atoms with Crippen LogP contribution in [0, 0.1) is 6.92 Å². The summed E-state index contributed by atoms with van der Waals surface area (Å²) in [6.07, 6.45) is 4.18. The van der Waals surface area contributed by atoms with Gasteiger partial charge in [0, 0.05) is 11.1 Å². The van der Waals surface area contributed by atoms with Crippen LogP contribution in [0.15, 0.2) is 99.8 Å². The third-order valence-corrected chi connectivity index (χ3v) is 5.62. The fourth-order valence-corrected chi connectivity index (χ4v) is 3.82. The molecule has 2 heterocycles. The molecule has 0 aliphatic carbocycles. The van der Waals surface area contributed by atoms with Crippen LogP contribution in [0.5, 0.6) is 0 Å². The van der Waals surface area contributed by atoms with Crippen LogP contribution in [0.4, 0.5) is 0 Å². The van der Waals surface area contributed by atoms with Gasteiger partial charge in [0.1, 0.15) is 11.0 Å². The van der Waals surface area contributed by atoms with Gasteiger partial charge in [-0.15, -0.1) is 0 Å². The predicted molar refractivity (Wildman–Crippen MR) is 133 cm³/mol. The van der Waals surface area contributed by atoms with Crippen molar-refractivity contribution in [3.05, 3.63) is 108 Å². The molecule has 2 aromatic heterocycles. The van der Waals surface area contributed by atoms with Crippen molar-refractivity contribution in [2.45, 2.75) is 6.92 Å². The smallest absolute Gasteiger partial charge is 0.227 e. The van der Waals surface area contributed by atoms with E-state index in [1.165, 1.54) is 5.56 Å². The Morgan fingerprint density at radius 2 is 1.12 bits per heavy atom. The predicted octanol–water partition coefficient (Wildman–Crippen LogP) is 7.78. The Hall–Kier alpha value is -4.44. The molecule has 4 aromatic carbocycles. The lowest BCUT2D eigenvalue weighted by atomic mass is 10.1. The summed E-state index contributed by atoms with van der Waals surface area (Å²) in [4.78, 5) is 9.18. The normalized spacial score (nSPS) is 11.7. The van der Waals surface area contributed by atoms with E-state index in [4.69, 9.17) is 8.83 Å². The lowest BCUT2D eigenvalue weighted by Gasteiger charge is -1.99. The second-order valence-corrected chi connectivity index (χ2v) is 8.05. The molecule has 4 nitrogen and oxygen atoms in total. The SMILES string of the molecule is Cc1ccc2oc(-c3ccc(C=Cc4ccc(-c5nc6ccccc6o5)cc4)cc3)nc2c1. The number of fused-ring (bicyclic) bond motifs is 2. The van der Waals surface area contributed by atoms with E-state index in [2.05, 4.69) is 53.3 Å². The first-order valence-corrected chi connectivity index (χ1v) is 10.8. The zero-order valence-corrected chi connectivity index (χ0v) is 18.0. The van der Waals surface area contributed by atoms with Gasteiger partial charge < -0.3 is 8.83 Å². The number of aromatic nitrogens is 2. The van der Waals surface area contributed by atoms with E-state index in [0.29, 0.717) is 11.8 Å². The van der Waals surface area contributed by atoms with Gasteiger partial charge in [0.25, 0.3) is 0 Å². The first-order valence-electron chi connectivity index (χ1n) is 10.8. The van der Waals surface area contributed by atoms with Crippen molar-refractivity contribution in [2.75, 3.05) is 0 Å². The summed E-state index contributed by atoms with van der Waals surface area (Å²) in [5.41, 5.74) is 8.66. The summed E-state index contributed by atoms with van der Waals surface area (Å²) in [6, 6.07) is 30.2. The molecule has 0 fully saturated rings. The van der Waals surface area contributed by atoms with Crippen molar-refractivity contribution >= 4 is 34.4 Å². The van der Waals surface area contributed by atoms with E-state index in [0.717, 1.165) is 44.5 Å². The van der Waals surface area contributed by atoms with E-state index in [1.54, 1.807) is 0 Å². The molecule has 0 unspecified atom stereocenters. The fourth-order valence-electron chi connectivity index (χ4n) is 3.82. The van der Waals surface area contributed by atoms with Gasteiger partial charge in [-0.25, -0.2) is 9.97 Å². The van der Waals surface area contributed by atoms with Crippen LogP contribution in [0.3, 0.4) is 0 Å². The summed E-state index contributed by atoms with van der Waals surface area (Å²) in [5, 5.41) is 0. The van der Waals surface area contributed by atoms with Gasteiger partial charge in [0.05, 0.1) is 0 Å². The molecular formula is C29H20N2O2. The van der Waals surface area contributed by atoms with Gasteiger partial charge in [-0.2, -0.15) is 0 Å². The van der Waals surface area contributed by atoms with Gasteiger partial charge in [-0.3, -0.25) is 0 Å². The number of aryl methyl sites for hydroxylation is 1. The molecule has 0 radical (unpaired) electrons. The number of nitrogens with zero attached hydrogens (tertiary/aromatic N) is 2. The van der Waals surface area contributed by atoms with E-state index < -0.39 is 0 Å². The minimum Gasteiger partial charge on any atom is -0.436 e. The average molecular weight is 428 g/mol. The van der Waals surface area contributed by atoms with E-state index in [9.17, 15) is 0 Å². The molecule has 0 bridgehead atoms. The number of oxazole rings is 2. The molecule has 0 N–H and O–H groups in total. The molecule has 0 saturated carbocycles. The second kappa shape index (κ2) is 7.92.